The van der Waals surface area contributed by atoms with E-state index in [4.69, 9.17) is 5.26 Å². The second-order valence-electron chi connectivity index (χ2n) is 2.72. The molecule has 1 rings (SSSR count). The van der Waals surface area contributed by atoms with Crippen LogP contribution in [0.25, 0.3) is 0 Å². The highest BCUT2D eigenvalue weighted by atomic mass is 127. The molecule has 0 aliphatic heterocycles. The molecule has 0 aromatic carbocycles. The summed E-state index contributed by atoms with van der Waals surface area (Å²) in [6.45, 7) is 0. The molecule has 2 nitrogen and oxygen atoms in total. The minimum Gasteiger partial charge on any atom is -0.260 e. The fraction of sp³-hybridized carbons (Fsp3) is 0.333. The second-order valence-corrected chi connectivity index (χ2v) is 4.36. The van der Waals surface area contributed by atoms with Crippen molar-refractivity contribution < 1.29 is 8.78 Å². The molecule has 6 heteroatoms. The molecule has 80 valence electrons. The number of hydrogen-bond donors (Lipinski definition) is 0. The Kier molecular flexibility index (Phi) is 4.86. The molecule has 0 fully saturated rings. The van der Waals surface area contributed by atoms with Crippen molar-refractivity contribution in [3.05, 3.63) is 26.6 Å². The third-order valence-electron chi connectivity index (χ3n) is 1.84. The SMILES string of the molecule is N#CCc1c(CBr)ncc(C(F)F)c1I. The average Bonchev–Trinajstić information content (AvgIpc) is 2.20. The van der Waals surface area contributed by atoms with Gasteiger partial charge in [-0.15, -0.1) is 0 Å². The largest absolute Gasteiger partial charge is 0.266 e. The van der Waals surface area contributed by atoms with Crippen LogP contribution in [0.2, 0.25) is 0 Å². The molecule has 1 aromatic heterocycles. The maximum atomic E-state index is 12.5. The number of aromatic nitrogens is 1. The van der Waals surface area contributed by atoms with Crippen LogP contribution in [0.15, 0.2) is 6.20 Å². The molecule has 15 heavy (non-hydrogen) atoms. The number of nitriles is 1. The van der Waals surface area contributed by atoms with E-state index in [1.165, 1.54) is 6.20 Å². The standard InChI is InChI=1S/C9H6BrF2IN2/c10-3-7-5(1-2-14)8(13)6(4-15-7)9(11)12/h4,9H,1,3H2. The Morgan fingerprint density at radius 2 is 2.27 bits per heavy atom. The minimum atomic E-state index is -2.55. The molecule has 0 aliphatic rings. The van der Waals surface area contributed by atoms with Crippen LogP contribution in [0, 0.1) is 14.9 Å². The molecule has 0 saturated heterocycles. The molecule has 0 aliphatic carbocycles. The van der Waals surface area contributed by atoms with Crippen LogP contribution < -0.4 is 0 Å². The highest BCUT2D eigenvalue weighted by Crippen LogP contribution is 2.28. The van der Waals surface area contributed by atoms with Gasteiger partial charge in [-0.2, -0.15) is 5.26 Å². The number of halogens is 4. The van der Waals surface area contributed by atoms with Crippen molar-refractivity contribution in [1.82, 2.24) is 4.98 Å². The number of pyridine rings is 1. The average molecular weight is 387 g/mol. The molecule has 1 aromatic rings. The van der Waals surface area contributed by atoms with E-state index < -0.39 is 6.43 Å². The summed E-state index contributed by atoms with van der Waals surface area (Å²) in [5, 5.41) is 9.07. The molecule has 0 N–H and O–H groups in total. The van der Waals surface area contributed by atoms with Gasteiger partial charge in [0.15, 0.2) is 0 Å². The Bertz CT molecular complexity index is 404. The maximum Gasteiger partial charge on any atom is 0.266 e. The highest BCUT2D eigenvalue weighted by molar-refractivity contribution is 14.1. The first-order valence-electron chi connectivity index (χ1n) is 3.99. The first-order chi connectivity index (χ1) is 7.11. The lowest BCUT2D eigenvalue weighted by Gasteiger charge is -2.10. The third-order valence-corrected chi connectivity index (χ3v) is 3.65. The summed E-state index contributed by atoms with van der Waals surface area (Å²) in [6, 6.07) is 1.96. The van der Waals surface area contributed by atoms with Gasteiger partial charge in [-0.3, -0.25) is 4.98 Å². The normalized spacial score (nSPS) is 10.4. The first kappa shape index (κ1) is 12.8. The van der Waals surface area contributed by atoms with Crippen molar-refractivity contribution in [3.63, 3.8) is 0 Å². The van der Waals surface area contributed by atoms with Crippen molar-refractivity contribution in [1.29, 1.82) is 5.26 Å². The van der Waals surface area contributed by atoms with Gasteiger partial charge in [0.1, 0.15) is 0 Å². The third kappa shape index (κ3) is 2.84. The fourth-order valence-electron chi connectivity index (χ4n) is 1.11. The summed E-state index contributed by atoms with van der Waals surface area (Å²) >= 11 is 5.05. The van der Waals surface area contributed by atoms with Crippen molar-refractivity contribution >= 4 is 38.5 Å². The van der Waals surface area contributed by atoms with Crippen molar-refractivity contribution in [3.8, 4) is 6.07 Å². The Morgan fingerprint density at radius 1 is 1.60 bits per heavy atom. The van der Waals surface area contributed by atoms with Gasteiger partial charge in [0.25, 0.3) is 6.43 Å². The van der Waals surface area contributed by atoms with Gasteiger partial charge in [-0.05, 0) is 22.6 Å². The molecule has 0 radical (unpaired) electrons. The van der Waals surface area contributed by atoms with Crippen LogP contribution in [0.1, 0.15) is 23.2 Å². The van der Waals surface area contributed by atoms with Crippen LogP contribution in [0.4, 0.5) is 8.78 Å². The molecule has 0 spiro atoms. The number of alkyl halides is 3. The lowest BCUT2D eigenvalue weighted by Crippen LogP contribution is -2.03. The number of rotatable bonds is 3. The summed E-state index contributed by atoms with van der Waals surface area (Å²) < 4.78 is 25.5. The Balaban J connectivity index is 3.30. The molecule has 0 saturated carbocycles. The van der Waals surface area contributed by atoms with E-state index in [1.807, 2.05) is 28.7 Å². The van der Waals surface area contributed by atoms with Gasteiger partial charge in [0.2, 0.25) is 0 Å². The zero-order valence-corrected chi connectivity index (χ0v) is 11.2. The van der Waals surface area contributed by atoms with E-state index in [2.05, 4.69) is 20.9 Å². The molecule has 1 heterocycles. The van der Waals surface area contributed by atoms with Crippen LogP contribution in [0.3, 0.4) is 0 Å². The van der Waals surface area contributed by atoms with Crippen LogP contribution in [0.5, 0.6) is 0 Å². The molecular weight excluding hydrogens is 381 g/mol. The van der Waals surface area contributed by atoms with E-state index in [0.29, 0.717) is 20.2 Å². The minimum absolute atomic E-state index is 0.104. The van der Waals surface area contributed by atoms with Gasteiger partial charge >= 0.3 is 0 Å². The van der Waals surface area contributed by atoms with E-state index in [1.54, 1.807) is 0 Å². The molecule has 0 bridgehead atoms. The lowest BCUT2D eigenvalue weighted by atomic mass is 10.1. The summed E-state index contributed by atoms with van der Waals surface area (Å²) in [4.78, 5) is 3.92. The Hall–Kier alpha value is -0.290. The number of nitrogens with zero attached hydrogens (tertiary/aromatic N) is 2. The summed E-state index contributed by atoms with van der Waals surface area (Å²) in [6.07, 6.45) is -1.28. The first-order valence-corrected chi connectivity index (χ1v) is 6.19. The summed E-state index contributed by atoms with van der Waals surface area (Å²) in [7, 11) is 0. The Labute approximate surface area is 108 Å². The number of hydrogen-bond acceptors (Lipinski definition) is 2. The van der Waals surface area contributed by atoms with Gasteiger partial charge in [0, 0.05) is 26.2 Å². The van der Waals surface area contributed by atoms with Crippen LogP contribution in [-0.4, -0.2) is 4.98 Å². The van der Waals surface area contributed by atoms with Crippen molar-refractivity contribution in [2.75, 3.05) is 0 Å². The van der Waals surface area contributed by atoms with Crippen LogP contribution >= 0.6 is 38.5 Å². The van der Waals surface area contributed by atoms with E-state index in [0.717, 1.165) is 0 Å². The second kappa shape index (κ2) is 5.70. The van der Waals surface area contributed by atoms with Crippen molar-refractivity contribution in [2.24, 2.45) is 0 Å². The van der Waals surface area contributed by atoms with E-state index in [9.17, 15) is 8.78 Å². The Morgan fingerprint density at radius 3 is 2.73 bits per heavy atom. The topological polar surface area (TPSA) is 36.7 Å². The highest BCUT2D eigenvalue weighted by Gasteiger charge is 2.17. The molecule has 0 unspecified atom stereocenters. The van der Waals surface area contributed by atoms with Gasteiger partial charge < -0.3 is 0 Å². The predicted octanol–water partition coefficient (Wildman–Crippen LogP) is 3.58. The maximum absolute atomic E-state index is 12.5. The van der Waals surface area contributed by atoms with Gasteiger partial charge in [-0.25, -0.2) is 8.78 Å². The smallest absolute Gasteiger partial charge is 0.260 e. The van der Waals surface area contributed by atoms with E-state index in [-0.39, 0.29) is 12.0 Å². The van der Waals surface area contributed by atoms with Crippen LogP contribution in [-0.2, 0) is 11.8 Å². The predicted molar refractivity (Wildman–Crippen MR) is 63.9 cm³/mol. The molecular formula is C9H6BrF2IN2. The molecule has 0 amide bonds. The fourth-order valence-corrected chi connectivity index (χ4v) is 2.47. The van der Waals surface area contributed by atoms with Gasteiger partial charge in [0.05, 0.1) is 18.2 Å². The molecule has 0 atom stereocenters. The van der Waals surface area contributed by atoms with Crippen molar-refractivity contribution in [2.45, 2.75) is 18.2 Å². The lowest BCUT2D eigenvalue weighted by molar-refractivity contribution is 0.150. The summed E-state index contributed by atoms with van der Waals surface area (Å²) in [5.41, 5.74) is 1.13. The van der Waals surface area contributed by atoms with Gasteiger partial charge in [-0.1, -0.05) is 15.9 Å². The zero-order valence-electron chi connectivity index (χ0n) is 7.48. The summed E-state index contributed by atoms with van der Waals surface area (Å²) in [5.74, 6) is 0. The monoisotopic (exact) mass is 386 g/mol. The zero-order chi connectivity index (χ0) is 11.4. The quantitative estimate of drug-likeness (QED) is 0.588. The van der Waals surface area contributed by atoms with E-state index >= 15 is 0 Å².